The van der Waals surface area contributed by atoms with Gasteiger partial charge in [-0.25, -0.2) is 4.79 Å². The van der Waals surface area contributed by atoms with E-state index in [0.717, 1.165) is 4.90 Å². The largest absolute Gasteiger partial charge is 0.478 e. The van der Waals surface area contributed by atoms with Crippen LogP contribution in [-0.4, -0.2) is 46.0 Å². The van der Waals surface area contributed by atoms with E-state index in [1.165, 1.54) is 25.1 Å². The van der Waals surface area contributed by atoms with Crippen molar-refractivity contribution in [3.63, 3.8) is 0 Å². The highest BCUT2D eigenvalue weighted by Gasteiger charge is 2.35. The molecule has 2 aromatic rings. The minimum atomic E-state index is -1.06. The van der Waals surface area contributed by atoms with Gasteiger partial charge in [0.1, 0.15) is 23.2 Å². The predicted molar refractivity (Wildman–Crippen MR) is 101 cm³/mol. The van der Waals surface area contributed by atoms with Gasteiger partial charge in [-0.2, -0.15) is 5.26 Å². The molecular weight excluding hydrogens is 376 g/mol. The van der Waals surface area contributed by atoms with Crippen LogP contribution in [0.1, 0.15) is 23.0 Å². The predicted octanol–water partition coefficient (Wildman–Crippen LogP) is 2.23. The van der Waals surface area contributed by atoms with Crippen LogP contribution in [-0.2, 0) is 9.59 Å². The summed E-state index contributed by atoms with van der Waals surface area (Å²) in [4.78, 5) is 36.9. The van der Waals surface area contributed by atoms with Gasteiger partial charge in [0.15, 0.2) is 0 Å². The molecule has 3 rings (SSSR count). The maximum Gasteiger partial charge on any atom is 0.335 e. The van der Waals surface area contributed by atoms with Crippen molar-refractivity contribution in [1.29, 1.82) is 5.26 Å². The number of nitrogens with zero attached hydrogens (tertiary/aromatic N) is 2. The van der Waals surface area contributed by atoms with Crippen molar-refractivity contribution in [3.05, 3.63) is 64.4 Å². The first-order valence-corrected chi connectivity index (χ1v) is 8.61. The fourth-order valence-electron chi connectivity index (χ4n) is 2.97. The Kier molecular flexibility index (Phi) is 5.43. The molecule has 0 unspecified atom stereocenters. The highest BCUT2D eigenvalue weighted by Crippen LogP contribution is 2.29. The number of imide groups is 1. The third kappa shape index (κ3) is 3.72. The van der Waals surface area contributed by atoms with Crippen LogP contribution in [0.3, 0.4) is 0 Å². The van der Waals surface area contributed by atoms with Gasteiger partial charge in [0.2, 0.25) is 0 Å². The monoisotopic (exact) mass is 392 g/mol. The summed E-state index contributed by atoms with van der Waals surface area (Å²) in [5, 5.41) is 27.5. The molecule has 8 nitrogen and oxygen atoms in total. The lowest BCUT2D eigenvalue weighted by Gasteiger charge is -2.26. The number of carboxylic acids is 1. The van der Waals surface area contributed by atoms with Crippen LogP contribution in [0.15, 0.2) is 57.5 Å². The third-order valence-electron chi connectivity index (χ3n) is 4.46. The molecule has 0 radical (unpaired) electrons. The Morgan fingerprint density at radius 3 is 2.66 bits per heavy atom. The van der Waals surface area contributed by atoms with Crippen LogP contribution in [0.25, 0.3) is 17.4 Å². The molecule has 0 aliphatic carbocycles. The molecular formula is C21H16N2O6. The molecule has 0 atom stereocenters. The molecule has 146 valence electrons. The zero-order chi connectivity index (χ0) is 21.1. The number of hydrogen-bond acceptors (Lipinski definition) is 6. The molecule has 0 bridgehead atoms. The Bertz CT molecular complexity index is 1120. The number of aliphatic hydroxyl groups excluding tert-OH is 1. The molecule has 0 spiro atoms. The fourth-order valence-corrected chi connectivity index (χ4v) is 2.97. The van der Waals surface area contributed by atoms with E-state index < -0.39 is 24.4 Å². The van der Waals surface area contributed by atoms with E-state index in [2.05, 4.69) is 0 Å². The Morgan fingerprint density at radius 1 is 1.24 bits per heavy atom. The van der Waals surface area contributed by atoms with Crippen molar-refractivity contribution in [2.24, 2.45) is 0 Å². The van der Waals surface area contributed by atoms with Crippen LogP contribution >= 0.6 is 0 Å². The van der Waals surface area contributed by atoms with Gasteiger partial charge in [0.25, 0.3) is 11.8 Å². The lowest BCUT2D eigenvalue weighted by molar-refractivity contribution is -0.141. The van der Waals surface area contributed by atoms with Crippen LogP contribution in [0.2, 0.25) is 0 Å². The summed E-state index contributed by atoms with van der Waals surface area (Å²) < 4.78 is 5.71. The first-order valence-electron chi connectivity index (χ1n) is 8.61. The number of carboxylic acid groups (broad SMARTS) is 1. The molecule has 0 saturated heterocycles. The molecule has 0 fully saturated rings. The average Bonchev–Trinajstić information content (AvgIpc) is 3.18. The summed E-state index contributed by atoms with van der Waals surface area (Å²) in [6.45, 7) is 0.850. The molecule has 2 N–H and O–H groups in total. The second-order valence-corrected chi connectivity index (χ2v) is 6.24. The third-order valence-corrected chi connectivity index (χ3v) is 4.46. The maximum absolute atomic E-state index is 12.7. The van der Waals surface area contributed by atoms with Gasteiger partial charge in [-0.15, -0.1) is 0 Å². The van der Waals surface area contributed by atoms with E-state index in [-0.39, 0.29) is 28.8 Å². The standard InChI is InChI=1S/C21H16N2O6/c1-12-16(19(25)23(7-8-24)20(26)17(12)11-22)10-15-5-6-18(29-15)13-3-2-4-14(9-13)21(27)28/h2-6,9-10,24H,7-8H2,1H3,(H,27,28)/b16-10-. The van der Waals surface area contributed by atoms with E-state index >= 15 is 0 Å². The average molecular weight is 392 g/mol. The van der Waals surface area contributed by atoms with E-state index in [1.54, 1.807) is 30.3 Å². The van der Waals surface area contributed by atoms with E-state index in [9.17, 15) is 19.6 Å². The van der Waals surface area contributed by atoms with Crippen LogP contribution in [0, 0.1) is 11.3 Å². The van der Waals surface area contributed by atoms with Crippen LogP contribution < -0.4 is 0 Å². The number of nitriles is 1. The molecule has 29 heavy (non-hydrogen) atoms. The number of amides is 2. The van der Waals surface area contributed by atoms with E-state index in [1.807, 2.05) is 0 Å². The maximum atomic E-state index is 12.7. The van der Waals surface area contributed by atoms with Crippen molar-refractivity contribution in [1.82, 2.24) is 4.90 Å². The first kappa shape index (κ1) is 19.8. The number of aliphatic hydroxyl groups is 1. The normalized spacial score (nSPS) is 15.8. The van der Waals surface area contributed by atoms with Gasteiger partial charge in [0, 0.05) is 11.1 Å². The lowest BCUT2D eigenvalue weighted by atomic mass is 9.95. The van der Waals surface area contributed by atoms with Gasteiger partial charge < -0.3 is 14.6 Å². The molecule has 8 heteroatoms. The number of furan rings is 1. The zero-order valence-corrected chi connectivity index (χ0v) is 15.4. The fraction of sp³-hybridized carbons (Fsp3) is 0.143. The van der Waals surface area contributed by atoms with Crippen LogP contribution in [0.5, 0.6) is 0 Å². The minimum Gasteiger partial charge on any atom is -0.478 e. The number of β-amino-alcohol motifs (C(OH)–C–C–N with tert-alkyl or cyclic N) is 1. The van der Waals surface area contributed by atoms with E-state index in [0.29, 0.717) is 17.1 Å². The highest BCUT2D eigenvalue weighted by molar-refractivity contribution is 6.19. The number of aromatic carboxylic acids is 1. The lowest BCUT2D eigenvalue weighted by Crippen LogP contribution is -2.44. The minimum absolute atomic E-state index is 0.106. The summed E-state index contributed by atoms with van der Waals surface area (Å²) in [5.41, 5.74) is 0.811. The van der Waals surface area contributed by atoms with Crippen LogP contribution in [0.4, 0.5) is 0 Å². The Morgan fingerprint density at radius 2 is 2.00 bits per heavy atom. The zero-order valence-electron chi connectivity index (χ0n) is 15.4. The van der Waals surface area contributed by atoms with Crippen molar-refractivity contribution < 1.29 is 29.0 Å². The number of rotatable bonds is 5. The molecule has 0 saturated carbocycles. The number of benzene rings is 1. The molecule has 1 aromatic heterocycles. The van der Waals surface area contributed by atoms with Gasteiger partial charge in [-0.1, -0.05) is 12.1 Å². The van der Waals surface area contributed by atoms with Crippen molar-refractivity contribution >= 4 is 23.9 Å². The second kappa shape index (κ2) is 7.96. The smallest absolute Gasteiger partial charge is 0.335 e. The molecule has 1 aliphatic rings. The van der Waals surface area contributed by atoms with Crippen molar-refractivity contribution in [2.45, 2.75) is 6.92 Å². The highest BCUT2D eigenvalue weighted by atomic mass is 16.4. The van der Waals surface area contributed by atoms with Crippen molar-refractivity contribution in [2.75, 3.05) is 13.2 Å². The van der Waals surface area contributed by atoms with Gasteiger partial charge in [0.05, 0.1) is 18.7 Å². The Balaban J connectivity index is 2.02. The van der Waals surface area contributed by atoms with Gasteiger partial charge in [-0.05, 0) is 42.8 Å². The summed E-state index contributed by atoms with van der Waals surface area (Å²) in [7, 11) is 0. The van der Waals surface area contributed by atoms with Gasteiger partial charge >= 0.3 is 5.97 Å². The number of carbonyl (C=O) groups is 3. The summed E-state index contributed by atoms with van der Waals surface area (Å²) in [5.74, 6) is -1.75. The Hall–Kier alpha value is -3.96. The summed E-state index contributed by atoms with van der Waals surface area (Å²) in [6.07, 6.45) is 1.41. The quantitative estimate of drug-likeness (QED) is 0.589. The molecule has 1 aliphatic heterocycles. The SMILES string of the molecule is CC1=C(C#N)C(=O)N(CCO)C(=O)/C1=C\c1ccc(-c2cccc(C(=O)O)c2)o1. The molecule has 1 aromatic carbocycles. The molecule has 2 heterocycles. The first-order chi connectivity index (χ1) is 13.9. The summed E-state index contributed by atoms with van der Waals surface area (Å²) in [6, 6.07) is 11.2. The second-order valence-electron chi connectivity index (χ2n) is 6.24. The summed E-state index contributed by atoms with van der Waals surface area (Å²) >= 11 is 0. The Labute approximate surface area is 165 Å². The van der Waals surface area contributed by atoms with E-state index in [4.69, 9.17) is 14.6 Å². The number of carbonyl (C=O) groups excluding carboxylic acids is 2. The topological polar surface area (TPSA) is 132 Å². The van der Waals surface area contributed by atoms with Gasteiger partial charge in [-0.3, -0.25) is 14.5 Å². The van der Waals surface area contributed by atoms with Crippen molar-refractivity contribution in [3.8, 4) is 17.4 Å². The number of hydrogen-bond donors (Lipinski definition) is 2. The molecule has 2 amide bonds.